The molecule has 3 aliphatic carbocycles. The molecular weight excluding hydrogens is 1140 g/mol. The van der Waals surface area contributed by atoms with Crippen LogP contribution in [0.25, 0.3) is 22.3 Å². The van der Waals surface area contributed by atoms with Gasteiger partial charge >= 0.3 is 0 Å². The number of nitrogens with zero attached hydrogens (tertiary/aromatic N) is 3. The molecule has 0 amide bonds. The monoisotopic (exact) mass is 1220 g/mol. The van der Waals surface area contributed by atoms with Crippen LogP contribution in [0.5, 0.6) is 0 Å². The van der Waals surface area contributed by atoms with Gasteiger partial charge in [0.05, 0.1) is 11.2 Å². The summed E-state index contributed by atoms with van der Waals surface area (Å²) in [4.78, 5) is 8.39. The lowest BCUT2D eigenvalue weighted by molar-refractivity contribution is 0.195. The van der Waals surface area contributed by atoms with Gasteiger partial charge < -0.3 is 14.7 Å². The van der Waals surface area contributed by atoms with Crippen LogP contribution in [0.15, 0.2) is 249 Å². The Balaban J connectivity index is 0.988. The average molecular weight is 1220 g/mol. The van der Waals surface area contributed by atoms with Crippen LogP contribution in [-0.4, -0.2) is 20.3 Å². The molecule has 11 aromatic carbocycles. The summed E-state index contributed by atoms with van der Waals surface area (Å²) in [6, 6.07) is 98.0. The summed E-state index contributed by atoms with van der Waals surface area (Å²) in [7, 11) is -2.90. The maximum absolute atomic E-state index is 2.90. The maximum atomic E-state index is 2.90. The van der Waals surface area contributed by atoms with Gasteiger partial charge in [0, 0.05) is 50.8 Å². The van der Waals surface area contributed by atoms with Gasteiger partial charge in [0.2, 0.25) is 0 Å². The van der Waals surface area contributed by atoms with Crippen molar-refractivity contribution < 1.29 is 0 Å². The van der Waals surface area contributed by atoms with Crippen molar-refractivity contribution >= 4 is 97.4 Å². The van der Waals surface area contributed by atoms with Crippen LogP contribution < -0.4 is 51.8 Å². The molecule has 93 heavy (non-hydrogen) atoms. The van der Waals surface area contributed by atoms with Gasteiger partial charge in [-0.25, -0.2) is 0 Å². The second kappa shape index (κ2) is 21.1. The van der Waals surface area contributed by atoms with E-state index >= 15 is 0 Å². The quantitative estimate of drug-likeness (QED) is 0.105. The zero-order valence-electron chi connectivity index (χ0n) is 55.7. The van der Waals surface area contributed by atoms with Gasteiger partial charge in [0.15, 0.2) is 8.07 Å². The Morgan fingerprint density at radius 3 is 1.54 bits per heavy atom. The lowest BCUT2D eigenvalue weighted by Gasteiger charge is -2.51. The molecule has 0 N–H and O–H groups in total. The zero-order valence-corrected chi connectivity index (χ0v) is 56.7. The molecule has 5 heteroatoms. The third-order valence-corrected chi connectivity index (χ3v) is 28.0. The predicted octanol–water partition coefficient (Wildman–Crippen LogP) is 17.8. The van der Waals surface area contributed by atoms with E-state index in [1.165, 1.54) is 151 Å². The highest BCUT2D eigenvalue weighted by atomic mass is 28.3. The minimum atomic E-state index is -2.90. The van der Waals surface area contributed by atoms with E-state index in [0.717, 1.165) is 38.5 Å². The summed E-state index contributed by atoms with van der Waals surface area (Å²) >= 11 is 0. The Kier molecular flexibility index (Phi) is 13.1. The number of rotatable bonds is 9. The molecule has 17 rings (SSSR count). The van der Waals surface area contributed by atoms with Crippen molar-refractivity contribution in [3.63, 3.8) is 0 Å². The number of hydrogen-bond donors (Lipinski definition) is 0. The molecule has 3 aliphatic heterocycles. The second-order valence-electron chi connectivity index (χ2n) is 31.4. The third-order valence-electron chi connectivity index (χ3n) is 23.2. The van der Waals surface area contributed by atoms with Crippen LogP contribution in [-0.2, 0) is 36.5 Å². The van der Waals surface area contributed by atoms with Crippen molar-refractivity contribution in [2.75, 3.05) is 14.7 Å². The van der Waals surface area contributed by atoms with Crippen LogP contribution in [0.1, 0.15) is 121 Å². The normalized spacial score (nSPS) is 19.5. The lowest BCUT2D eigenvalue weighted by atomic mass is 9.33. The molecule has 0 spiro atoms. The minimum Gasteiger partial charge on any atom is -0.334 e. The number of fused-ring (bicyclic) bond motifs is 9. The fourth-order valence-corrected chi connectivity index (χ4v) is 23.5. The molecule has 11 aromatic rings. The highest BCUT2D eigenvalue weighted by Crippen LogP contribution is 2.62. The van der Waals surface area contributed by atoms with Gasteiger partial charge in [0.1, 0.15) is 0 Å². The van der Waals surface area contributed by atoms with Crippen LogP contribution in [0.4, 0.5) is 45.5 Å². The van der Waals surface area contributed by atoms with Crippen molar-refractivity contribution in [1.29, 1.82) is 0 Å². The fourth-order valence-electron chi connectivity index (χ4n) is 18.7. The van der Waals surface area contributed by atoms with Gasteiger partial charge in [0.25, 0.3) is 6.71 Å². The topological polar surface area (TPSA) is 9.72 Å². The number of benzene rings is 11. The first kappa shape index (κ1) is 58.0. The molecule has 0 aromatic heterocycles. The van der Waals surface area contributed by atoms with Gasteiger partial charge in [-0.05, 0) is 203 Å². The molecule has 458 valence electrons. The Hall–Kier alpha value is -8.90. The highest BCUT2D eigenvalue weighted by molar-refractivity contribution is 7.20. The minimum absolute atomic E-state index is 0.0428. The second-order valence-corrected chi connectivity index (χ2v) is 35.2. The molecular formula is C88H84BN3Si. The molecule has 2 unspecified atom stereocenters. The summed E-state index contributed by atoms with van der Waals surface area (Å²) in [5, 5.41) is 5.65. The van der Waals surface area contributed by atoms with E-state index < -0.39 is 8.07 Å². The van der Waals surface area contributed by atoms with Crippen LogP contribution in [0, 0.1) is 10.8 Å². The third kappa shape index (κ3) is 8.95. The van der Waals surface area contributed by atoms with Gasteiger partial charge in [-0.1, -0.05) is 262 Å². The van der Waals surface area contributed by atoms with Crippen LogP contribution >= 0.6 is 0 Å². The average Bonchev–Trinajstić information content (AvgIpc) is 1.58. The van der Waals surface area contributed by atoms with E-state index in [1.54, 1.807) is 0 Å². The first-order chi connectivity index (χ1) is 44.9. The first-order valence-electron chi connectivity index (χ1n) is 34.5. The SMILES string of the molecule is CC1(C)Cc2ccc(N3c4cc5c(cc4B4c6ccc(-c7ccccc7)cc6N(c6ccc(C(C)(C)C)cc6-c6ccccc6)c6cc(N7c8ccc([Si](c9ccccc9)(c9ccccc9)c9ccccc9)cc8C8(C)CCCCC78C)cc3c64)CC(C)(C)C5)cc2C1. The first-order valence-corrected chi connectivity index (χ1v) is 36.5. The van der Waals surface area contributed by atoms with E-state index in [2.05, 4.69) is 326 Å². The Morgan fingerprint density at radius 2 is 0.914 bits per heavy atom. The van der Waals surface area contributed by atoms with E-state index in [9.17, 15) is 0 Å². The molecule has 3 nitrogen and oxygen atoms in total. The standard InChI is InChI=1S/C88H84BN3Si/c1-84(2,3)66-39-43-77(73(51-66)60-29-17-11-18-30-60)91-79-49-61(59-27-15-10-16-28-59)38-42-75(79)89-76-48-64-57-86(6,7)58-65(64)50-80(76)90(67-40-37-62-55-85(4,5)56-63(62)47-67)81-52-68(53-82(91)83(81)89)92-78-44-41-72(54-74(78)87(8)45-25-26-46-88(87,92)9)93(69-31-19-12-20-32-69,70-33-21-13-22-34-70)71-35-23-14-24-36-71/h10-24,27-44,47-54H,25-26,45-46,55-58H2,1-9H3. The van der Waals surface area contributed by atoms with Gasteiger partial charge in [-0.3, -0.25) is 0 Å². The van der Waals surface area contributed by atoms with E-state index in [4.69, 9.17) is 0 Å². The number of hydrogen-bond acceptors (Lipinski definition) is 3. The lowest BCUT2D eigenvalue weighted by Crippen LogP contribution is -2.74. The van der Waals surface area contributed by atoms with Gasteiger partial charge in [-0.15, -0.1) is 0 Å². The summed E-state index contributed by atoms with van der Waals surface area (Å²) < 4.78 is 0. The van der Waals surface area contributed by atoms with Crippen molar-refractivity contribution in [1.82, 2.24) is 0 Å². The van der Waals surface area contributed by atoms with Crippen molar-refractivity contribution in [3.8, 4) is 22.3 Å². The largest absolute Gasteiger partial charge is 0.334 e. The Bertz CT molecular complexity index is 4680. The predicted molar refractivity (Wildman–Crippen MR) is 399 cm³/mol. The maximum Gasteiger partial charge on any atom is 0.252 e. The Labute approximate surface area is 553 Å². The van der Waals surface area contributed by atoms with Crippen molar-refractivity contribution in [3.05, 3.63) is 282 Å². The van der Waals surface area contributed by atoms with Gasteiger partial charge in [-0.2, -0.15) is 0 Å². The Morgan fingerprint density at radius 1 is 0.376 bits per heavy atom. The van der Waals surface area contributed by atoms with E-state index in [1.807, 2.05) is 0 Å². The molecule has 0 saturated heterocycles. The van der Waals surface area contributed by atoms with E-state index in [-0.39, 0.29) is 33.9 Å². The molecule has 1 fully saturated rings. The molecule has 0 bridgehead atoms. The smallest absolute Gasteiger partial charge is 0.252 e. The van der Waals surface area contributed by atoms with Crippen LogP contribution in [0.2, 0.25) is 0 Å². The van der Waals surface area contributed by atoms with Crippen molar-refractivity contribution in [2.45, 2.75) is 130 Å². The number of anilines is 8. The molecule has 3 heterocycles. The molecule has 0 radical (unpaired) electrons. The molecule has 2 atom stereocenters. The summed E-state index contributed by atoms with van der Waals surface area (Å²) in [6.07, 6.45) is 8.87. The zero-order chi connectivity index (χ0) is 63.4. The molecule has 6 aliphatic rings. The fraction of sp³-hybridized carbons (Fsp3) is 0.250. The van der Waals surface area contributed by atoms with Crippen LogP contribution in [0.3, 0.4) is 0 Å². The summed E-state index contributed by atoms with van der Waals surface area (Å²) in [5.74, 6) is 0. The molecule has 1 saturated carbocycles. The summed E-state index contributed by atoms with van der Waals surface area (Å²) in [6.45, 7) is 22.2. The van der Waals surface area contributed by atoms with Crippen molar-refractivity contribution in [2.24, 2.45) is 10.8 Å². The van der Waals surface area contributed by atoms with E-state index in [0.29, 0.717) is 0 Å². The summed E-state index contributed by atoms with van der Waals surface area (Å²) in [5.41, 5.74) is 27.7. The highest BCUT2D eigenvalue weighted by Gasteiger charge is 2.59.